The molecule has 0 fully saturated rings. The smallest absolute Gasteiger partial charge is 0.497 e. The number of aromatic nitrogens is 2. The van der Waals surface area contributed by atoms with Gasteiger partial charge >= 0.3 is 6.36 Å². The number of nitrogens with zero attached hydrogens (tertiary/aromatic N) is 2. The first-order valence-corrected chi connectivity index (χ1v) is 9.37. The summed E-state index contributed by atoms with van der Waals surface area (Å²) in [4.78, 5) is 8.78. The molecule has 3 rings (SSSR count). The Bertz CT molecular complexity index is 1020. The second kappa shape index (κ2) is 9.98. The highest BCUT2D eigenvalue weighted by molar-refractivity contribution is 5.68. The molecule has 3 aromatic rings. The summed E-state index contributed by atoms with van der Waals surface area (Å²) in [7, 11) is 1.56. The number of halogens is 3. The minimum Gasteiger partial charge on any atom is -0.497 e. The molecule has 0 aliphatic carbocycles. The summed E-state index contributed by atoms with van der Waals surface area (Å²) in [5, 5.41) is 15.1. The number of hydrogen-bond donors (Lipinski definition) is 3. The molecular formula is C21H21F3N4O3. The number of anilines is 3. The van der Waals surface area contributed by atoms with Gasteiger partial charge in [0, 0.05) is 36.5 Å². The van der Waals surface area contributed by atoms with Crippen LogP contribution in [-0.4, -0.2) is 41.7 Å². The molecule has 0 saturated carbocycles. The van der Waals surface area contributed by atoms with Gasteiger partial charge in [-0.05, 0) is 30.7 Å². The highest BCUT2D eigenvalue weighted by Gasteiger charge is 2.31. The van der Waals surface area contributed by atoms with E-state index in [-0.39, 0.29) is 18.3 Å². The van der Waals surface area contributed by atoms with Gasteiger partial charge in [0.1, 0.15) is 17.3 Å². The van der Waals surface area contributed by atoms with Crippen molar-refractivity contribution in [2.24, 2.45) is 0 Å². The highest BCUT2D eigenvalue weighted by atomic mass is 19.4. The average Bonchev–Trinajstić information content (AvgIpc) is 2.73. The van der Waals surface area contributed by atoms with Crippen LogP contribution < -0.4 is 20.1 Å². The van der Waals surface area contributed by atoms with Gasteiger partial charge in [0.25, 0.3) is 0 Å². The summed E-state index contributed by atoms with van der Waals surface area (Å²) in [6.45, 7) is 0.425. The molecule has 0 radical (unpaired) electrons. The lowest BCUT2D eigenvalue weighted by atomic mass is 10.1. The lowest BCUT2D eigenvalue weighted by Crippen LogP contribution is -2.17. The first-order valence-electron chi connectivity index (χ1n) is 9.37. The highest BCUT2D eigenvalue weighted by Crippen LogP contribution is 2.29. The van der Waals surface area contributed by atoms with E-state index in [9.17, 15) is 13.2 Å². The van der Waals surface area contributed by atoms with E-state index in [0.717, 1.165) is 0 Å². The molecule has 2 aromatic carbocycles. The number of aliphatic hydroxyl groups is 1. The van der Waals surface area contributed by atoms with Crippen LogP contribution in [0.1, 0.15) is 6.42 Å². The van der Waals surface area contributed by atoms with Crippen molar-refractivity contribution in [3.05, 3.63) is 54.6 Å². The van der Waals surface area contributed by atoms with Crippen molar-refractivity contribution in [2.75, 3.05) is 30.9 Å². The zero-order valence-electron chi connectivity index (χ0n) is 16.6. The number of benzene rings is 2. The summed E-state index contributed by atoms with van der Waals surface area (Å²) >= 11 is 0. The van der Waals surface area contributed by atoms with Crippen LogP contribution in [0, 0.1) is 0 Å². The maximum atomic E-state index is 12.6. The summed E-state index contributed by atoms with van der Waals surface area (Å²) in [5.41, 5.74) is 1.52. The molecule has 0 spiro atoms. The van der Waals surface area contributed by atoms with Crippen molar-refractivity contribution < 1.29 is 27.8 Å². The standard InChI is InChI=1S/C21H21F3N4O3/c1-30-16-7-3-6-15(12-16)26-19-13-18(27-20(28-19)25-9-4-10-29)14-5-2-8-17(11-14)31-21(22,23)24/h2-3,5-8,11-13,29H,4,9-10H2,1H3,(H2,25,26,27,28). The minimum atomic E-state index is -4.79. The first-order chi connectivity index (χ1) is 14.9. The van der Waals surface area contributed by atoms with Gasteiger partial charge < -0.3 is 25.2 Å². The van der Waals surface area contributed by atoms with Crippen LogP contribution in [0.4, 0.5) is 30.6 Å². The monoisotopic (exact) mass is 434 g/mol. The van der Waals surface area contributed by atoms with Crippen LogP contribution in [0.25, 0.3) is 11.3 Å². The molecule has 7 nitrogen and oxygen atoms in total. The number of methoxy groups -OCH3 is 1. The lowest BCUT2D eigenvalue weighted by molar-refractivity contribution is -0.274. The number of nitrogens with one attached hydrogen (secondary N) is 2. The van der Waals surface area contributed by atoms with E-state index in [1.807, 2.05) is 12.1 Å². The Labute approximate surface area is 176 Å². The maximum Gasteiger partial charge on any atom is 0.573 e. The Kier molecular flexibility index (Phi) is 7.14. The van der Waals surface area contributed by atoms with Gasteiger partial charge in [-0.2, -0.15) is 4.98 Å². The Balaban J connectivity index is 1.94. The molecule has 31 heavy (non-hydrogen) atoms. The van der Waals surface area contributed by atoms with Crippen molar-refractivity contribution in [2.45, 2.75) is 12.8 Å². The summed E-state index contributed by atoms with van der Waals surface area (Å²) < 4.78 is 47.0. The number of alkyl halides is 3. The van der Waals surface area contributed by atoms with E-state index in [4.69, 9.17) is 9.84 Å². The molecule has 0 saturated heterocycles. The second-order valence-electron chi connectivity index (χ2n) is 6.40. The van der Waals surface area contributed by atoms with E-state index in [0.29, 0.717) is 41.5 Å². The molecule has 0 unspecified atom stereocenters. The number of aliphatic hydroxyl groups excluding tert-OH is 1. The molecule has 0 atom stereocenters. The molecule has 10 heteroatoms. The van der Waals surface area contributed by atoms with Crippen LogP contribution in [0.2, 0.25) is 0 Å². The largest absolute Gasteiger partial charge is 0.573 e. The fourth-order valence-corrected chi connectivity index (χ4v) is 2.72. The lowest BCUT2D eigenvalue weighted by Gasteiger charge is -2.13. The predicted octanol–water partition coefficient (Wildman–Crippen LogP) is 4.59. The van der Waals surface area contributed by atoms with Crippen molar-refractivity contribution in [1.29, 1.82) is 0 Å². The van der Waals surface area contributed by atoms with Gasteiger partial charge in [0.05, 0.1) is 12.8 Å². The van der Waals surface area contributed by atoms with Crippen LogP contribution in [-0.2, 0) is 0 Å². The normalized spacial score (nSPS) is 11.1. The molecule has 164 valence electrons. The van der Waals surface area contributed by atoms with E-state index in [1.165, 1.54) is 18.2 Å². The van der Waals surface area contributed by atoms with Crippen LogP contribution in [0.3, 0.4) is 0 Å². The predicted molar refractivity (Wildman–Crippen MR) is 111 cm³/mol. The summed E-state index contributed by atoms with van der Waals surface area (Å²) in [6.07, 6.45) is -4.30. The summed E-state index contributed by atoms with van der Waals surface area (Å²) in [5.74, 6) is 0.990. The molecule has 0 aliphatic heterocycles. The maximum absolute atomic E-state index is 12.6. The van der Waals surface area contributed by atoms with Gasteiger partial charge in [0.2, 0.25) is 5.95 Å². The average molecular weight is 434 g/mol. The zero-order chi connectivity index (χ0) is 22.3. The molecule has 1 heterocycles. The van der Waals surface area contributed by atoms with E-state index < -0.39 is 6.36 Å². The van der Waals surface area contributed by atoms with Crippen LogP contribution >= 0.6 is 0 Å². The minimum absolute atomic E-state index is 0.00155. The van der Waals surface area contributed by atoms with Gasteiger partial charge in [-0.3, -0.25) is 0 Å². The van der Waals surface area contributed by atoms with Gasteiger partial charge in [-0.15, -0.1) is 13.2 Å². The Morgan fingerprint density at radius 1 is 1.00 bits per heavy atom. The van der Waals surface area contributed by atoms with Gasteiger partial charge in [-0.1, -0.05) is 18.2 Å². The Morgan fingerprint density at radius 2 is 1.77 bits per heavy atom. The topological polar surface area (TPSA) is 88.5 Å². The van der Waals surface area contributed by atoms with E-state index >= 15 is 0 Å². The third-order valence-corrected chi connectivity index (χ3v) is 4.05. The second-order valence-corrected chi connectivity index (χ2v) is 6.40. The molecule has 1 aromatic heterocycles. The molecule has 3 N–H and O–H groups in total. The number of hydrogen-bond acceptors (Lipinski definition) is 7. The van der Waals surface area contributed by atoms with Crippen molar-refractivity contribution >= 4 is 17.5 Å². The SMILES string of the molecule is COc1cccc(Nc2cc(-c3cccc(OC(F)(F)F)c3)nc(NCCCO)n2)c1. The Morgan fingerprint density at radius 3 is 2.52 bits per heavy atom. The van der Waals surface area contributed by atoms with E-state index in [2.05, 4.69) is 25.3 Å². The quantitative estimate of drug-likeness (QED) is 0.425. The zero-order valence-corrected chi connectivity index (χ0v) is 16.6. The number of ether oxygens (including phenoxy) is 2. The third kappa shape index (κ3) is 6.75. The molecule has 0 aliphatic rings. The van der Waals surface area contributed by atoms with E-state index in [1.54, 1.807) is 31.4 Å². The van der Waals surface area contributed by atoms with Crippen molar-refractivity contribution in [3.63, 3.8) is 0 Å². The third-order valence-electron chi connectivity index (χ3n) is 4.05. The fourth-order valence-electron chi connectivity index (χ4n) is 2.72. The number of rotatable bonds is 9. The van der Waals surface area contributed by atoms with Crippen molar-refractivity contribution in [3.8, 4) is 22.8 Å². The van der Waals surface area contributed by atoms with Crippen molar-refractivity contribution in [1.82, 2.24) is 9.97 Å². The van der Waals surface area contributed by atoms with Gasteiger partial charge in [-0.25, -0.2) is 4.98 Å². The molecular weight excluding hydrogens is 413 g/mol. The summed E-state index contributed by atoms with van der Waals surface area (Å²) in [6, 6.07) is 14.4. The fraction of sp³-hybridized carbons (Fsp3) is 0.238. The Hall–Kier alpha value is -3.53. The first kappa shape index (κ1) is 22.2. The van der Waals surface area contributed by atoms with Gasteiger partial charge in [0.15, 0.2) is 0 Å². The molecule has 0 bridgehead atoms. The van der Waals surface area contributed by atoms with Crippen LogP contribution in [0.15, 0.2) is 54.6 Å². The molecule has 0 amide bonds. The van der Waals surface area contributed by atoms with Crippen LogP contribution in [0.5, 0.6) is 11.5 Å².